The van der Waals surface area contributed by atoms with Gasteiger partial charge in [-0.25, -0.2) is 0 Å². The van der Waals surface area contributed by atoms with Crippen LogP contribution in [-0.2, 0) is 27.1 Å². The second kappa shape index (κ2) is 13.5. The van der Waals surface area contributed by atoms with E-state index in [1.54, 1.807) is 0 Å². The molecule has 0 N–H and O–H groups in total. The van der Waals surface area contributed by atoms with Gasteiger partial charge < -0.3 is 14.2 Å². The maximum atomic E-state index is 6.97. The zero-order valence-electron chi connectivity index (χ0n) is 41.0. The first-order chi connectivity index (χ1) is 30.6. The monoisotopic (exact) mass is 851 g/mol. The molecule has 1 aliphatic carbocycles. The van der Waals surface area contributed by atoms with Gasteiger partial charge in [-0.15, -0.1) is 0 Å². The number of anilines is 6. The maximum Gasteiger partial charge on any atom is 0.252 e. The van der Waals surface area contributed by atoms with E-state index < -0.39 is 0 Å². The summed E-state index contributed by atoms with van der Waals surface area (Å²) in [6.07, 6.45) is 0. The summed E-state index contributed by atoms with van der Waals surface area (Å²) in [7, 11) is 0. The third-order valence-corrected chi connectivity index (χ3v) is 15.4. The molecule has 8 aromatic rings. The van der Waals surface area contributed by atoms with Crippen LogP contribution in [0.5, 0.6) is 0 Å². The zero-order valence-corrected chi connectivity index (χ0v) is 41.0. The van der Waals surface area contributed by atoms with E-state index in [-0.39, 0.29) is 33.8 Å². The lowest BCUT2D eigenvalue weighted by Gasteiger charge is -2.48. The van der Waals surface area contributed by atoms with Gasteiger partial charge in [0.2, 0.25) is 0 Å². The van der Waals surface area contributed by atoms with Crippen molar-refractivity contribution in [3.63, 3.8) is 0 Å². The summed E-state index contributed by atoms with van der Waals surface area (Å²) in [6.45, 7) is 32.9. The van der Waals surface area contributed by atoms with Gasteiger partial charge in [-0.1, -0.05) is 169 Å². The van der Waals surface area contributed by atoms with Crippen LogP contribution in [0.4, 0.5) is 34.1 Å². The van der Waals surface area contributed by atoms with Crippen molar-refractivity contribution in [3.05, 3.63) is 172 Å². The fraction of sp³-hybridized carbons (Fsp3) is 0.311. The van der Waals surface area contributed by atoms with Crippen molar-refractivity contribution in [3.8, 4) is 0 Å². The Labute approximate surface area is 387 Å². The quantitative estimate of drug-likeness (QED) is 0.162. The highest BCUT2D eigenvalue weighted by atomic mass is 16.3. The molecule has 3 aliphatic rings. The highest BCUT2D eigenvalue weighted by Gasteiger charge is 2.48. The maximum absolute atomic E-state index is 6.97. The lowest BCUT2D eigenvalue weighted by Crippen LogP contribution is -2.62. The van der Waals surface area contributed by atoms with Crippen LogP contribution in [0.25, 0.3) is 21.9 Å². The molecule has 0 unspecified atom stereocenters. The molecule has 0 amide bonds. The van der Waals surface area contributed by atoms with E-state index in [9.17, 15) is 0 Å². The minimum atomic E-state index is -0.228. The molecule has 4 heteroatoms. The van der Waals surface area contributed by atoms with Crippen LogP contribution in [0.15, 0.2) is 132 Å². The predicted molar refractivity (Wildman–Crippen MR) is 279 cm³/mol. The van der Waals surface area contributed by atoms with Crippen molar-refractivity contribution < 1.29 is 4.42 Å². The summed E-state index contributed by atoms with van der Waals surface area (Å²) in [5, 5.41) is 2.30. The third kappa shape index (κ3) is 6.01. The van der Waals surface area contributed by atoms with E-state index in [1.165, 1.54) is 89.3 Å². The molecule has 3 nitrogen and oxygen atoms in total. The van der Waals surface area contributed by atoms with Crippen molar-refractivity contribution >= 4 is 79.2 Å². The number of aryl methyl sites for hydroxylation is 1. The van der Waals surface area contributed by atoms with Crippen LogP contribution in [0.1, 0.15) is 135 Å². The molecule has 7 aromatic carbocycles. The van der Waals surface area contributed by atoms with Crippen LogP contribution in [0.2, 0.25) is 0 Å². The number of fused-ring (bicyclic) bond motifs is 9. The highest BCUT2D eigenvalue weighted by Crippen LogP contribution is 2.54. The smallest absolute Gasteiger partial charge is 0.252 e. The topological polar surface area (TPSA) is 19.6 Å². The summed E-state index contributed by atoms with van der Waals surface area (Å²) < 4.78 is 6.97. The molecule has 2 aliphatic heterocycles. The molecule has 0 saturated carbocycles. The van der Waals surface area contributed by atoms with Gasteiger partial charge in [0.1, 0.15) is 11.2 Å². The molecule has 0 atom stereocenters. The Bertz CT molecular complexity index is 3290. The number of hydrogen-bond acceptors (Lipinski definition) is 3. The molecule has 3 heterocycles. The molecule has 0 saturated heterocycles. The lowest BCUT2D eigenvalue weighted by atomic mass is 9.33. The third-order valence-electron chi connectivity index (χ3n) is 15.4. The Hall–Kier alpha value is -6.00. The van der Waals surface area contributed by atoms with Crippen LogP contribution < -0.4 is 26.2 Å². The second-order valence-electron chi connectivity index (χ2n) is 23.6. The molecule has 0 radical (unpaired) electrons. The highest BCUT2D eigenvalue weighted by molar-refractivity contribution is 7.00. The number of para-hydroxylation sites is 1. The fourth-order valence-corrected chi connectivity index (χ4v) is 11.8. The molecule has 0 bridgehead atoms. The van der Waals surface area contributed by atoms with Crippen molar-refractivity contribution in [2.24, 2.45) is 0 Å². The normalized spacial score (nSPS) is 16.0. The van der Waals surface area contributed by atoms with E-state index in [0.29, 0.717) is 0 Å². The number of furan rings is 1. The molecule has 0 fully saturated rings. The van der Waals surface area contributed by atoms with E-state index in [1.807, 2.05) is 0 Å². The van der Waals surface area contributed by atoms with Crippen LogP contribution in [0, 0.1) is 6.92 Å². The number of nitrogens with zero attached hydrogens (tertiary/aromatic N) is 2. The van der Waals surface area contributed by atoms with Gasteiger partial charge in [0.25, 0.3) is 6.71 Å². The summed E-state index contributed by atoms with van der Waals surface area (Å²) in [5.74, 6) is 0. The van der Waals surface area contributed by atoms with Gasteiger partial charge in [-0.3, -0.25) is 0 Å². The molecule has 326 valence electrons. The Morgan fingerprint density at radius 1 is 0.477 bits per heavy atom. The molecular formula is C61H63BN2O. The standard InChI is InChI=1S/C61H63BN2O/c1-36-31-51-55-52(32-36)64(49-30-28-43(59(8,9)10)56-54(49)40-19-15-18-22-53(40)65-56)50-35-45-44(60(11,12)41-20-16-17-21-42(41)61(45,13)14)34-47(50)62(55)46-33-38(58(5,6)7)25-29-48(46)63(51)39-26-23-37(24-27-39)57(2,3)4/h15-35H,1-14H3. The molecule has 65 heavy (non-hydrogen) atoms. The van der Waals surface area contributed by atoms with Crippen molar-refractivity contribution in [1.82, 2.24) is 0 Å². The predicted octanol–water partition coefficient (Wildman–Crippen LogP) is 14.8. The van der Waals surface area contributed by atoms with Gasteiger partial charge in [-0.05, 0) is 127 Å². The van der Waals surface area contributed by atoms with Crippen molar-refractivity contribution in [2.75, 3.05) is 9.80 Å². The summed E-state index contributed by atoms with van der Waals surface area (Å²) >= 11 is 0. The molecule has 1 aromatic heterocycles. The average Bonchev–Trinajstić information content (AvgIpc) is 3.64. The largest absolute Gasteiger partial charge is 0.456 e. The SMILES string of the molecule is Cc1cc2c3c(c1)N(c1ccc(C(C)(C)C)c4oc5ccccc5c14)c1cc4c(cc1B3c1cc(C(C)(C)C)ccc1N2c1ccc(C(C)(C)C)cc1)C(C)(C)c1ccccc1C4(C)C. The van der Waals surface area contributed by atoms with Crippen molar-refractivity contribution in [1.29, 1.82) is 0 Å². The van der Waals surface area contributed by atoms with E-state index in [0.717, 1.165) is 27.6 Å². The second-order valence-corrected chi connectivity index (χ2v) is 23.6. The van der Waals surface area contributed by atoms with Gasteiger partial charge in [0, 0.05) is 50.2 Å². The van der Waals surface area contributed by atoms with Crippen LogP contribution in [-0.4, -0.2) is 6.71 Å². The minimum absolute atomic E-state index is 0.0129. The first kappa shape index (κ1) is 41.7. The Morgan fingerprint density at radius 3 is 1.66 bits per heavy atom. The van der Waals surface area contributed by atoms with Crippen molar-refractivity contribution in [2.45, 2.75) is 124 Å². The summed E-state index contributed by atoms with van der Waals surface area (Å²) in [5.41, 5.74) is 23.4. The molecule has 11 rings (SSSR count). The first-order valence-corrected chi connectivity index (χ1v) is 23.8. The lowest BCUT2D eigenvalue weighted by molar-refractivity contribution is 0.521. The first-order valence-electron chi connectivity index (χ1n) is 23.8. The van der Waals surface area contributed by atoms with Crippen LogP contribution in [0.3, 0.4) is 0 Å². The summed E-state index contributed by atoms with van der Waals surface area (Å²) in [6, 6.07) is 49.4. The van der Waals surface area contributed by atoms with E-state index in [4.69, 9.17) is 4.42 Å². The van der Waals surface area contributed by atoms with Gasteiger partial charge in [0.15, 0.2) is 0 Å². The fourth-order valence-electron chi connectivity index (χ4n) is 11.8. The zero-order chi connectivity index (χ0) is 45.9. The summed E-state index contributed by atoms with van der Waals surface area (Å²) in [4.78, 5) is 5.20. The van der Waals surface area contributed by atoms with Gasteiger partial charge in [0.05, 0.1) is 11.1 Å². The van der Waals surface area contributed by atoms with E-state index in [2.05, 4.69) is 234 Å². The number of hydrogen-bond donors (Lipinski definition) is 0. The minimum Gasteiger partial charge on any atom is -0.456 e. The Kier molecular flexibility index (Phi) is 8.68. The van der Waals surface area contributed by atoms with Gasteiger partial charge >= 0.3 is 0 Å². The molecular weight excluding hydrogens is 787 g/mol. The number of rotatable bonds is 2. The van der Waals surface area contributed by atoms with Crippen LogP contribution >= 0.6 is 0 Å². The number of benzene rings is 7. The van der Waals surface area contributed by atoms with E-state index >= 15 is 0 Å². The Morgan fingerprint density at radius 2 is 1.03 bits per heavy atom. The average molecular weight is 851 g/mol. The Balaban J connectivity index is 1.30. The molecule has 0 spiro atoms. The van der Waals surface area contributed by atoms with Gasteiger partial charge in [-0.2, -0.15) is 0 Å².